The third kappa shape index (κ3) is 4.63. The van der Waals surface area contributed by atoms with Crippen molar-refractivity contribution in [3.8, 4) is 0 Å². The number of epoxide rings is 1. The molecule has 1 saturated heterocycles. The molecular weight excluding hydrogens is 295 g/mol. The van der Waals surface area contributed by atoms with Crippen LogP contribution in [0.15, 0.2) is 0 Å². The van der Waals surface area contributed by atoms with Crippen LogP contribution in [-0.2, 0) is 18.0 Å². The van der Waals surface area contributed by atoms with Crippen LogP contribution in [0, 0.1) is 0 Å². The molecule has 7 heteroatoms. The molecule has 0 N–H and O–H groups in total. The van der Waals surface area contributed by atoms with Crippen LogP contribution in [0.4, 0.5) is 0 Å². The van der Waals surface area contributed by atoms with Gasteiger partial charge in [0.2, 0.25) is 0 Å². The molecular formula is C11H22Cl2O4Si. The minimum Gasteiger partial charge on any atom is -0.377 e. The van der Waals surface area contributed by atoms with Crippen molar-refractivity contribution in [1.29, 1.82) is 0 Å². The molecule has 3 unspecified atom stereocenters. The summed E-state index contributed by atoms with van der Waals surface area (Å²) in [7, 11) is 2.42. The first-order chi connectivity index (χ1) is 8.62. The minimum absolute atomic E-state index is 0.0375. The standard InChI is InChI=1S/C11H22Cl2O4Si/c1-14-18(15-2,16-3)8-4-5-9(13)11-10(17-11)6-7-12/h9-11H,4-8H2,1-3H3. The van der Waals surface area contributed by atoms with Gasteiger partial charge in [0, 0.05) is 33.3 Å². The number of hydrogen-bond donors (Lipinski definition) is 0. The second kappa shape index (κ2) is 8.04. The van der Waals surface area contributed by atoms with Crippen LogP contribution in [0.2, 0.25) is 6.04 Å². The third-order valence-electron chi connectivity index (χ3n) is 3.27. The van der Waals surface area contributed by atoms with E-state index in [2.05, 4.69) is 0 Å². The maximum absolute atomic E-state index is 6.29. The summed E-state index contributed by atoms with van der Waals surface area (Å²) >= 11 is 12.0. The molecule has 1 rings (SSSR count). The maximum atomic E-state index is 6.29. The van der Waals surface area contributed by atoms with Gasteiger partial charge in [-0.25, -0.2) is 0 Å². The Morgan fingerprint density at radius 2 is 1.83 bits per heavy atom. The van der Waals surface area contributed by atoms with E-state index in [-0.39, 0.29) is 17.6 Å². The molecule has 0 radical (unpaired) electrons. The van der Waals surface area contributed by atoms with Crippen molar-refractivity contribution in [2.24, 2.45) is 0 Å². The highest BCUT2D eigenvalue weighted by Gasteiger charge is 2.44. The highest BCUT2D eigenvalue weighted by atomic mass is 35.5. The highest BCUT2D eigenvalue weighted by molar-refractivity contribution is 6.60. The van der Waals surface area contributed by atoms with E-state index in [4.69, 9.17) is 41.2 Å². The van der Waals surface area contributed by atoms with E-state index in [1.807, 2.05) is 0 Å². The van der Waals surface area contributed by atoms with Crippen molar-refractivity contribution in [2.45, 2.75) is 42.9 Å². The van der Waals surface area contributed by atoms with E-state index in [0.717, 1.165) is 25.3 Å². The molecule has 0 amide bonds. The monoisotopic (exact) mass is 316 g/mol. The lowest BCUT2D eigenvalue weighted by Crippen LogP contribution is -2.42. The van der Waals surface area contributed by atoms with E-state index in [9.17, 15) is 0 Å². The average molecular weight is 317 g/mol. The topological polar surface area (TPSA) is 40.2 Å². The summed E-state index contributed by atoms with van der Waals surface area (Å²) in [6.45, 7) is 0. The Morgan fingerprint density at radius 1 is 1.22 bits per heavy atom. The zero-order chi connectivity index (χ0) is 13.6. The molecule has 0 aromatic carbocycles. The first kappa shape index (κ1) is 16.7. The molecule has 0 saturated carbocycles. The zero-order valence-corrected chi connectivity index (χ0v) is 13.7. The van der Waals surface area contributed by atoms with Crippen LogP contribution in [-0.4, -0.2) is 53.6 Å². The fourth-order valence-corrected chi connectivity index (χ4v) is 4.39. The van der Waals surface area contributed by atoms with Crippen LogP contribution in [0.5, 0.6) is 0 Å². The molecule has 108 valence electrons. The molecule has 0 aromatic rings. The van der Waals surface area contributed by atoms with Gasteiger partial charge >= 0.3 is 8.80 Å². The van der Waals surface area contributed by atoms with Gasteiger partial charge < -0.3 is 18.0 Å². The maximum Gasteiger partial charge on any atom is 0.500 e. The lowest BCUT2D eigenvalue weighted by atomic mass is 10.1. The number of halogens is 2. The predicted molar refractivity (Wildman–Crippen MR) is 74.5 cm³/mol. The molecule has 1 fully saturated rings. The van der Waals surface area contributed by atoms with E-state index < -0.39 is 8.80 Å². The molecule has 0 aromatic heterocycles. The number of hydrogen-bond acceptors (Lipinski definition) is 4. The second-order valence-corrected chi connectivity index (χ2v) is 8.35. The summed E-state index contributed by atoms with van der Waals surface area (Å²) in [4.78, 5) is 0. The van der Waals surface area contributed by atoms with Gasteiger partial charge in [-0.15, -0.1) is 23.2 Å². The van der Waals surface area contributed by atoms with Crippen LogP contribution < -0.4 is 0 Å². The van der Waals surface area contributed by atoms with Gasteiger partial charge in [-0.2, -0.15) is 0 Å². The number of alkyl halides is 2. The molecule has 4 nitrogen and oxygen atoms in total. The minimum atomic E-state index is -2.45. The lowest BCUT2D eigenvalue weighted by Gasteiger charge is -2.24. The van der Waals surface area contributed by atoms with Crippen molar-refractivity contribution in [3.05, 3.63) is 0 Å². The van der Waals surface area contributed by atoms with Crippen molar-refractivity contribution in [2.75, 3.05) is 27.2 Å². The summed E-state index contributed by atoms with van der Waals surface area (Å²) in [5.41, 5.74) is 0. The SMILES string of the molecule is CO[Si](CCCC(Cl)C1OC1CCCl)(OC)OC. The van der Waals surface area contributed by atoms with Gasteiger partial charge in [-0.3, -0.25) is 0 Å². The summed E-state index contributed by atoms with van der Waals surface area (Å²) in [6.07, 6.45) is 3.06. The van der Waals surface area contributed by atoms with Crippen LogP contribution in [0.25, 0.3) is 0 Å². The van der Waals surface area contributed by atoms with Gasteiger partial charge in [0.1, 0.15) is 6.10 Å². The summed E-state index contributed by atoms with van der Waals surface area (Å²) in [5.74, 6) is 0.623. The third-order valence-corrected chi connectivity index (χ3v) is 6.78. The van der Waals surface area contributed by atoms with E-state index in [0.29, 0.717) is 5.88 Å². The molecule has 0 spiro atoms. The Hall–Kier alpha value is 0.637. The molecule has 1 aliphatic rings. The van der Waals surface area contributed by atoms with Gasteiger partial charge in [0.05, 0.1) is 11.5 Å². The highest BCUT2D eigenvalue weighted by Crippen LogP contribution is 2.34. The van der Waals surface area contributed by atoms with Crippen molar-refractivity contribution < 1.29 is 18.0 Å². The second-order valence-electron chi connectivity index (χ2n) is 4.32. The fraction of sp³-hybridized carbons (Fsp3) is 1.00. The Morgan fingerprint density at radius 3 is 2.33 bits per heavy atom. The largest absolute Gasteiger partial charge is 0.500 e. The lowest BCUT2D eigenvalue weighted by molar-refractivity contribution is 0.122. The van der Waals surface area contributed by atoms with Crippen LogP contribution >= 0.6 is 23.2 Å². The van der Waals surface area contributed by atoms with Gasteiger partial charge in [0.15, 0.2) is 0 Å². The predicted octanol–water partition coefficient (Wildman–Crippen LogP) is 2.65. The average Bonchev–Trinajstić information content (AvgIpc) is 3.15. The van der Waals surface area contributed by atoms with E-state index in [1.54, 1.807) is 21.3 Å². The Kier molecular flexibility index (Phi) is 7.46. The first-order valence-electron chi connectivity index (χ1n) is 6.13. The summed E-state index contributed by atoms with van der Waals surface area (Å²) in [5, 5.41) is 0.0375. The Labute approximate surface area is 120 Å². The van der Waals surface area contributed by atoms with Crippen LogP contribution in [0.3, 0.4) is 0 Å². The van der Waals surface area contributed by atoms with Gasteiger partial charge in [0.25, 0.3) is 0 Å². The summed E-state index contributed by atoms with van der Waals surface area (Å²) in [6, 6.07) is 0.770. The molecule has 1 heterocycles. The molecule has 0 aliphatic carbocycles. The summed E-state index contributed by atoms with van der Waals surface area (Å²) < 4.78 is 21.6. The zero-order valence-electron chi connectivity index (χ0n) is 11.2. The van der Waals surface area contributed by atoms with Crippen LogP contribution in [0.1, 0.15) is 19.3 Å². The van der Waals surface area contributed by atoms with E-state index in [1.165, 1.54) is 0 Å². The number of rotatable bonds is 10. The fourth-order valence-electron chi connectivity index (χ4n) is 2.05. The van der Waals surface area contributed by atoms with Gasteiger partial charge in [-0.1, -0.05) is 0 Å². The Bertz CT molecular complexity index is 233. The smallest absolute Gasteiger partial charge is 0.377 e. The molecule has 0 bridgehead atoms. The van der Waals surface area contributed by atoms with Gasteiger partial charge in [-0.05, 0) is 19.3 Å². The Balaban J connectivity index is 2.21. The molecule has 3 atom stereocenters. The van der Waals surface area contributed by atoms with Crippen molar-refractivity contribution in [1.82, 2.24) is 0 Å². The molecule has 1 aliphatic heterocycles. The van der Waals surface area contributed by atoms with Crippen molar-refractivity contribution in [3.63, 3.8) is 0 Å². The first-order valence-corrected chi connectivity index (χ1v) is 9.03. The number of ether oxygens (including phenoxy) is 1. The quantitative estimate of drug-likeness (QED) is 0.353. The normalized spacial score (nSPS) is 25.2. The van der Waals surface area contributed by atoms with Crippen molar-refractivity contribution >= 4 is 32.0 Å². The van der Waals surface area contributed by atoms with E-state index >= 15 is 0 Å². The molecule has 18 heavy (non-hydrogen) atoms.